The number of hydrogen-bond donors (Lipinski definition) is 1. The van der Waals surface area contributed by atoms with Crippen LogP contribution in [-0.4, -0.2) is 26.6 Å². The van der Waals surface area contributed by atoms with E-state index < -0.39 is 33.6 Å². The lowest BCUT2D eigenvalue weighted by molar-refractivity contribution is -0.116. The Morgan fingerprint density at radius 2 is 1.55 bits per heavy atom. The lowest BCUT2D eigenvalue weighted by Crippen LogP contribution is -2.45. The number of hydrogen-bond acceptors (Lipinski definition) is 4. The molecule has 3 aromatic rings. The molecule has 0 radical (unpaired) electrons. The van der Waals surface area contributed by atoms with E-state index in [0.29, 0.717) is 11.5 Å². The minimum absolute atomic E-state index is 0.0100. The summed E-state index contributed by atoms with van der Waals surface area (Å²) >= 11 is 0. The van der Waals surface area contributed by atoms with Crippen LogP contribution in [0.4, 0.5) is 20.2 Å². The van der Waals surface area contributed by atoms with E-state index in [1.54, 1.807) is 24.3 Å². The van der Waals surface area contributed by atoms with Crippen LogP contribution in [0.15, 0.2) is 72.8 Å². The highest BCUT2D eigenvalue weighted by Crippen LogP contribution is 2.27. The van der Waals surface area contributed by atoms with E-state index in [-0.39, 0.29) is 11.4 Å². The minimum Gasteiger partial charge on any atom is -0.457 e. The summed E-state index contributed by atoms with van der Waals surface area (Å²) in [6, 6.07) is 17.0. The minimum atomic E-state index is -3.84. The van der Waals surface area contributed by atoms with Gasteiger partial charge in [0, 0.05) is 11.8 Å². The summed E-state index contributed by atoms with van der Waals surface area (Å²) in [6.07, 6.45) is 0.975. The molecule has 0 fully saturated rings. The van der Waals surface area contributed by atoms with Crippen molar-refractivity contribution in [2.45, 2.75) is 13.0 Å². The zero-order valence-electron chi connectivity index (χ0n) is 16.7. The molecule has 0 aliphatic rings. The molecule has 1 amide bonds. The molecule has 3 rings (SSSR count). The predicted octanol–water partition coefficient (Wildman–Crippen LogP) is 4.55. The van der Waals surface area contributed by atoms with Crippen molar-refractivity contribution >= 4 is 27.3 Å². The lowest BCUT2D eigenvalue weighted by atomic mass is 10.2. The van der Waals surface area contributed by atoms with E-state index >= 15 is 0 Å². The Balaban J connectivity index is 1.80. The van der Waals surface area contributed by atoms with Crippen molar-refractivity contribution in [1.29, 1.82) is 0 Å². The molecule has 3 aromatic carbocycles. The van der Waals surface area contributed by atoms with E-state index in [1.807, 2.05) is 18.2 Å². The maximum atomic E-state index is 13.4. The summed E-state index contributed by atoms with van der Waals surface area (Å²) in [6.45, 7) is 1.39. The van der Waals surface area contributed by atoms with Crippen LogP contribution in [0, 0.1) is 11.6 Å². The third kappa shape index (κ3) is 5.58. The molecule has 0 saturated heterocycles. The Kier molecular flexibility index (Phi) is 6.55. The summed E-state index contributed by atoms with van der Waals surface area (Å²) < 4.78 is 57.9. The average Bonchev–Trinajstić information content (AvgIpc) is 2.72. The van der Waals surface area contributed by atoms with Crippen LogP contribution >= 0.6 is 0 Å². The first kappa shape index (κ1) is 22.2. The Morgan fingerprint density at radius 1 is 0.935 bits per heavy atom. The third-order valence-electron chi connectivity index (χ3n) is 4.35. The monoisotopic (exact) mass is 446 g/mol. The van der Waals surface area contributed by atoms with E-state index in [2.05, 4.69) is 5.32 Å². The molecular formula is C22H20F2N2O4S. The van der Waals surface area contributed by atoms with Gasteiger partial charge in [-0.1, -0.05) is 18.2 Å². The van der Waals surface area contributed by atoms with Gasteiger partial charge in [0.2, 0.25) is 15.9 Å². The van der Waals surface area contributed by atoms with Crippen molar-refractivity contribution in [3.8, 4) is 11.5 Å². The maximum Gasteiger partial charge on any atom is 0.247 e. The summed E-state index contributed by atoms with van der Waals surface area (Å²) in [5.74, 6) is -1.78. The number of para-hydroxylation sites is 1. The Morgan fingerprint density at radius 3 is 2.13 bits per heavy atom. The van der Waals surface area contributed by atoms with E-state index in [1.165, 1.54) is 25.1 Å². The summed E-state index contributed by atoms with van der Waals surface area (Å²) in [5, 5.41) is 2.40. The first-order valence-corrected chi connectivity index (χ1v) is 11.1. The molecule has 0 saturated carbocycles. The van der Waals surface area contributed by atoms with Gasteiger partial charge < -0.3 is 10.1 Å². The average molecular weight is 446 g/mol. The van der Waals surface area contributed by atoms with Gasteiger partial charge >= 0.3 is 0 Å². The fraction of sp³-hybridized carbons (Fsp3) is 0.136. The molecule has 1 atom stereocenters. The van der Waals surface area contributed by atoms with Crippen molar-refractivity contribution in [3.63, 3.8) is 0 Å². The van der Waals surface area contributed by atoms with Crippen LogP contribution in [0.1, 0.15) is 6.92 Å². The van der Waals surface area contributed by atoms with Crippen molar-refractivity contribution in [3.05, 3.63) is 84.4 Å². The number of carbonyl (C=O) groups excluding carboxylic acids is 1. The molecule has 0 bridgehead atoms. The van der Waals surface area contributed by atoms with Gasteiger partial charge in [0.25, 0.3) is 0 Å². The van der Waals surface area contributed by atoms with Crippen LogP contribution in [0.25, 0.3) is 0 Å². The standard InChI is InChI=1S/C22H20F2N2O4S/c1-15(22(27)25-16-8-13-20(23)21(24)14-16)26(31(2,28)29)17-9-11-19(12-10-17)30-18-6-4-3-5-7-18/h3-15H,1-2H3,(H,25,27). The van der Waals surface area contributed by atoms with Gasteiger partial charge in [0.15, 0.2) is 11.6 Å². The van der Waals surface area contributed by atoms with E-state index in [0.717, 1.165) is 22.7 Å². The number of nitrogens with zero attached hydrogens (tertiary/aromatic N) is 1. The number of benzene rings is 3. The molecule has 1 N–H and O–H groups in total. The van der Waals surface area contributed by atoms with E-state index in [9.17, 15) is 22.0 Å². The molecule has 0 aliphatic heterocycles. The molecule has 0 spiro atoms. The number of ether oxygens (including phenoxy) is 1. The van der Waals surface area contributed by atoms with Gasteiger partial charge in [-0.2, -0.15) is 0 Å². The maximum absolute atomic E-state index is 13.4. The normalized spacial score (nSPS) is 12.1. The second-order valence-electron chi connectivity index (χ2n) is 6.76. The molecule has 0 heterocycles. The molecular weight excluding hydrogens is 426 g/mol. The molecule has 1 unspecified atom stereocenters. The van der Waals surface area contributed by atoms with Crippen LogP contribution in [0.2, 0.25) is 0 Å². The largest absolute Gasteiger partial charge is 0.457 e. The highest BCUT2D eigenvalue weighted by Gasteiger charge is 2.29. The smallest absolute Gasteiger partial charge is 0.247 e. The van der Waals surface area contributed by atoms with Gasteiger partial charge in [-0.15, -0.1) is 0 Å². The number of carbonyl (C=O) groups is 1. The predicted molar refractivity (Wildman–Crippen MR) is 115 cm³/mol. The molecule has 0 aromatic heterocycles. The van der Waals surface area contributed by atoms with Gasteiger partial charge in [0.1, 0.15) is 17.5 Å². The molecule has 0 aliphatic carbocycles. The van der Waals surface area contributed by atoms with Gasteiger partial charge in [-0.25, -0.2) is 17.2 Å². The highest BCUT2D eigenvalue weighted by molar-refractivity contribution is 7.92. The fourth-order valence-electron chi connectivity index (χ4n) is 2.92. The third-order valence-corrected chi connectivity index (χ3v) is 5.59. The zero-order chi connectivity index (χ0) is 22.6. The molecule has 9 heteroatoms. The number of rotatable bonds is 7. The number of halogens is 2. The quantitative estimate of drug-likeness (QED) is 0.578. The summed E-state index contributed by atoms with van der Waals surface area (Å²) in [5.41, 5.74) is 0.256. The van der Waals surface area contributed by atoms with Gasteiger partial charge in [-0.3, -0.25) is 9.10 Å². The van der Waals surface area contributed by atoms with Gasteiger partial charge in [0.05, 0.1) is 11.9 Å². The van der Waals surface area contributed by atoms with E-state index in [4.69, 9.17) is 4.74 Å². The summed E-state index contributed by atoms with van der Waals surface area (Å²) in [7, 11) is -3.84. The summed E-state index contributed by atoms with van der Waals surface area (Å²) in [4.78, 5) is 12.6. The molecule has 6 nitrogen and oxygen atoms in total. The Bertz CT molecular complexity index is 1170. The highest BCUT2D eigenvalue weighted by atomic mass is 32.2. The Labute approximate surface area is 179 Å². The second-order valence-corrected chi connectivity index (χ2v) is 8.62. The van der Waals surface area contributed by atoms with Crippen LogP contribution in [0.3, 0.4) is 0 Å². The Hall–Kier alpha value is -3.46. The van der Waals surface area contributed by atoms with Crippen molar-refractivity contribution in [1.82, 2.24) is 0 Å². The van der Waals surface area contributed by atoms with Crippen LogP contribution in [-0.2, 0) is 14.8 Å². The van der Waals surface area contributed by atoms with Crippen molar-refractivity contribution in [2.75, 3.05) is 15.9 Å². The van der Waals surface area contributed by atoms with Crippen molar-refractivity contribution in [2.24, 2.45) is 0 Å². The number of amides is 1. The number of anilines is 2. The fourth-order valence-corrected chi connectivity index (χ4v) is 4.09. The number of sulfonamides is 1. The zero-order valence-corrected chi connectivity index (χ0v) is 17.6. The van der Waals surface area contributed by atoms with Gasteiger partial charge in [-0.05, 0) is 55.5 Å². The number of nitrogens with one attached hydrogen (secondary N) is 1. The first-order valence-electron chi connectivity index (χ1n) is 9.23. The SMILES string of the molecule is CC(C(=O)Nc1ccc(F)c(F)c1)N(c1ccc(Oc2ccccc2)cc1)S(C)(=O)=O. The molecule has 162 valence electrons. The second kappa shape index (κ2) is 9.13. The topological polar surface area (TPSA) is 75.7 Å². The molecule has 31 heavy (non-hydrogen) atoms. The van der Waals surface area contributed by atoms with Crippen LogP contribution in [0.5, 0.6) is 11.5 Å². The lowest BCUT2D eigenvalue weighted by Gasteiger charge is -2.28. The van der Waals surface area contributed by atoms with Crippen LogP contribution < -0.4 is 14.4 Å². The van der Waals surface area contributed by atoms with Crippen molar-refractivity contribution < 1.29 is 26.7 Å². The first-order chi connectivity index (χ1) is 14.6.